The average molecular weight is 346 g/mol. The van der Waals surface area contributed by atoms with E-state index >= 15 is 0 Å². The van der Waals surface area contributed by atoms with Gasteiger partial charge in [-0.05, 0) is 42.2 Å². The van der Waals surface area contributed by atoms with E-state index in [0.29, 0.717) is 16.0 Å². The summed E-state index contributed by atoms with van der Waals surface area (Å²) < 4.78 is 0. The summed E-state index contributed by atoms with van der Waals surface area (Å²) in [6.07, 6.45) is 0.807. The number of nitrogens with zero attached hydrogens (tertiary/aromatic N) is 1. The first kappa shape index (κ1) is 14.5. The molecule has 0 saturated heterocycles. The number of aromatic amines is 1. The van der Waals surface area contributed by atoms with Crippen LogP contribution in [0.25, 0.3) is 11.0 Å². The number of rotatable bonds is 3. The molecular formula is C17H13Cl2N3O. The molecule has 2 atom stereocenters. The molecule has 6 heteroatoms. The van der Waals surface area contributed by atoms with E-state index in [1.54, 1.807) is 12.1 Å². The Balaban J connectivity index is 1.49. The Morgan fingerprint density at radius 3 is 2.87 bits per heavy atom. The SMILES string of the molecule is O=C(Nc1nc2ccc(Cl)cc2[nH]1)C1CC1c1ccccc1Cl. The third kappa shape index (κ3) is 2.80. The molecule has 0 bridgehead atoms. The fraction of sp³-hybridized carbons (Fsp3) is 0.176. The summed E-state index contributed by atoms with van der Waals surface area (Å²) in [6.45, 7) is 0. The highest BCUT2D eigenvalue weighted by Gasteiger charge is 2.45. The van der Waals surface area contributed by atoms with Crippen molar-refractivity contribution in [1.82, 2.24) is 9.97 Å². The van der Waals surface area contributed by atoms with Gasteiger partial charge in [0.05, 0.1) is 11.0 Å². The first-order valence-electron chi connectivity index (χ1n) is 7.32. The number of anilines is 1. The predicted octanol–water partition coefficient (Wildman–Crippen LogP) is 4.61. The van der Waals surface area contributed by atoms with Crippen LogP contribution < -0.4 is 5.32 Å². The zero-order chi connectivity index (χ0) is 16.0. The molecule has 0 spiro atoms. The second-order valence-corrected chi connectivity index (χ2v) is 6.55. The van der Waals surface area contributed by atoms with Gasteiger partial charge in [0.25, 0.3) is 0 Å². The summed E-state index contributed by atoms with van der Waals surface area (Å²) in [5, 5.41) is 4.18. The molecule has 1 aliphatic rings. The summed E-state index contributed by atoms with van der Waals surface area (Å²) in [7, 11) is 0. The molecule has 23 heavy (non-hydrogen) atoms. The van der Waals surface area contributed by atoms with Crippen LogP contribution in [0.15, 0.2) is 42.5 Å². The molecular weight excluding hydrogens is 333 g/mol. The van der Waals surface area contributed by atoms with Gasteiger partial charge in [-0.1, -0.05) is 41.4 Å². The quantitative estimate of drug-likeness (QED) is 0.727. The van der Waals surface area contributed by atoms with Gasteiger partial charge in [-0.15, -0.1) is 0 Å². The van der Waals surface area contributed by atoms with Crippen LogP contribution >= 0.6 is 23.2 Å². The highest BCUT2D eigenvalue weighted by molar-refractivity contribution is 6.31. The normalized spacial score (nSPS) is 19.7. The summed E-state index contributed by atoms with van der Waals surface area (Å²) in [5.41, 5.74) is 2.60. The number of H-pyrrole nitrogens is 1. The van der Waals surface area contributed by atoms with E-state index in [0.717, 1.165) is 23.0 Å². The second kappa shape index (κ2) is 5.55. The number of hydrogen-bond donors (Lipinski definition) is 2. The Hall–Kier alpha value is -2.04. The number of hydrogen-bond acceptors (Lipinski definition) is 2. The minimum atomic E-state index is -0.0632. The zero-order valence-corrected chi connectivity index (χ0v) is 13.5. The lowest BCUT2D eigenvalue weighted by Gasteiger charge is -2.03. The number of halogens is 2. The Labute approximate surface area is 142 Å². The van der Waals surface area contributed by atoms with Crippen molar-refractivity contribution in [3.8, 4) is 0 Å². The molecule has 0 aliphatic heterocycles. The second-order valence-electron chi connectivity index (χ2n) is 5.71. The van der Waals surface area contributed by atoms with Crippen LogP contribution in [0.2, 0.25) is 10.0 Å². The molecule has 1 heterocycles. The number of imidazole rings is 1. The van der Waals surface area contributed by atoms with Crippen molar-refractivity contribution >= 4 is 46.1 Å². The summed E-state index contributed by atoms with van der Waals surface area (Å²) in [5.74, 6) is 0.520. The summed E-state index contributed by atoms with van der Waals surface area (Å²) in [6, 6.07) is 13.0. The molecule has 3 aromatic rings. The van der Waals surface area contributed by atoms with E-state index in [-0.39, 0.29) is 17.7 Å². The molecule has 1 fully saturated rings. The molecule has 2 unspecified atom stereocenters. The van der Waals surface area contributed by atoms with Gasteiger partial charge >= 0.3 is 0 Å². The Kier molecular flexibility index (Phi) is 3.51. The van der Waals surface area contributed by atoms with E-state index in [4.69, 9.17) is 23.2 Å². The third-order valence-corrected chi connectivity index (χ3v) is 4.70. The van der Waals surface area contributed by atoms with Crippen LogP contribution in [0.1, 0.15) is 17.9 Å². The minimum absolute atomic E-state index is 0.0416. The van der Waals surface area contributed by atoms with Crippen LogP contribution in [-0.2, 0) is 4.79 Å². The minimum Gasteiger partial charge on any atom is -0.324 e. The number of benzene rings is 2. The van der Waals surface area contributed by atoms with Crippen LogP contribution in [0.3, 0.4) is 0 Å². The van der Waals surface area contributed by atoms with Gasteiger partial charge in [0.2, 0.25) is 11.9 Å². The molecule has 1 aromatic heterocycles. The topological polar surface area (TPSA) is 57.8 Å². The summed E-state index contributed by atoms with van der Waals surface area (Å²) in [4.78, 5) is 19.8. The van der Waals surface area contributed by atoms with E-state index in [1.807, 2.05) is 30.3 Å². The highest BCUT2D eigenvalue weighted by Crippen LogP contribution is 2.49. The van der Waals surface area contributed by atoms with Gasteiger partial charge in [-0.3, -0.25) is 10.1 Å². The van der Waals surface area contributed by atoms with Crippen molar-refractivity contribution in [1.29, 1.82) is 0 Å². The van der Waals surface area contributed by atoms with Crippen molar-refractivity contribution in [2.45, 2.75) is 12.3 Å². The van der Waals surface area contributed by atoms with Crippen molar-refractivity contribution in [3.63, 3.8) is 0 Å². The standard InChI is InChI=1S/C17H13Cl2N3O/c18-9-5-6-14-15(7-9)21-17(20-14)22-16(23)12-8-11(12)10-3-1-2-4-13(10)19/h1-7,11-12H,8H2,(H2,20,21,22,23). The lowest BCUT2D eigenvalue weighted by Crippen LogP contribution is -2.15. The van der Waals surface area contributed by atoms with E-state index in [1.165, 1.54) is 0 Å². The van der Waals surface area contributed by atoms with Crippen molar-refractivity contribution in [2.75, 3.05) is 5.32 Å². The Morgan fingerprint density at radius 1 is 1.22 bits per heavy atom. The van der Waals surface area contributed by atoms with E-state index in [9.17, 15) is 4.79 Å². The number of fused-ring (bicyclic) bond motifs is 1. The molecule has 1 saturated carbocycles. The fourth-order valence-electron chi connectivity index (χ4n) is 2.85. The number of aromatic nitrogens is 2. The fourth-order valence-corrected chi connectivity index (χ4v) is 3.30. The number of nitrogens with one attached hydrogen (secondary N) is 2. The van der Waals surface area contributed by atoms with Crippen LogP contribution in [-0.4, -0.2) is 15.9 Å². The van der Waals surface area contributed by atoms with Gasteiger partial charge in [0.15, 0.2) is 0 Å². The Bertz CT molecular complexity index is 906. The van der Waals surface area contributed by atoms with Gasteiger partial charge < -0.3 is 4.98 Å². The Morgan fingerprint density at radius 2 is 2.04 bits per heavy atom. The van der Waals surface area contributed by atoms with Gasteiger partial charge in [0, 0.05) is 16.0 Å². The molecule has 4 nitrogen and oxygen atoms in total. The molecule has 0 radical (unpaired) electrons. The van der Waals surface area contributed by atoms with E-state index in [2.05, 4.69) is 15.3 Å². The first-order valence-corrected chi connectivity index (χ1v) is 8.08. The highest BCUT2D eigenvalue weighted by atomic mass is 35.5. The smallest absolute Gasteiger partial charge is 0.230 e. The molecule has 4 rings (SSSR count). The first-order chi connectivity index (χ1) is 11.1. The molecule has 1 aliphatic carbocycles. The molecule has 2 N–H and O–H groups in total. The maximum atomic E-state index is 12.4. The average Bonchev–Trinajstić information content (AvgIpc) is 3.22. The van der Waals surface area contributed by atoms with Crippen LogP contribution in [0.5, 0.6) is 0 Å². The zero-order valence-electron chi connectivity index (χ0n) is 12.0. The largest absolute Gasteiger partial charge is 0.324 e. The third-order valence-electron chi connectivity index (χ3n) is 4.12. The van der Waals surface area contributed by atoms with Gasteiger partial charge in [-0.2, -0.15) is 0 Å². The van der Waals surface area contributed by atoms with Gasteiger partial charge in [0.1, 0.15) is 0 Å². The molecule has 2 aromatic carbocycles. The number of amides is 1. The lowest BCUT2D eigenvalue weighted by molar-refractivity contribution is -0.117. The van der Waals surface area contributed by atoms with Crippen molar-refractivity contribution in [3.05, 3.63) is 58.1 Å². The van der Waals surface area contributed by atoms with Crippen molar-refractivity contribution < 1.29 is 4.79 Å². The van der Waals surface area contributed by atoms with Crippen LogP contribution in [0, 0.1) is 5.92 Å². The van der Waals surface area contributed by atoms with Crippen molar-refractivity contribution in [2.24, 2.45) is 5.92 Å². The van der Waals surface area contributed by atoms with Gasteiger partial charge in [-0.25, -0.2) is 4.98 Å². The monoisotopic (exact) mass is 345 g/mol. The predicted molar refractivity (Wildman–Crippen MR) is 92.0 cm³/mol. The number of carbonyl (C=O) groups excluding carboxylic acids is 1. The van der Waals surface area contributed by atoms with E-state index < -0.39 is 0 Å². The maximum absolute atomic E-state index is 12.4. The number of carbonyl (C=O) groups is 1. The lowest BCUT2D eigenvalue weighted by atomic mass is 10.1. The van der Waals surface area contributed by atoms with Crippen LogP contribution in [0.4, 0.5) is 5.95 Å². The maximum Gasteiger partial charge on any atom is 0.230 e. The molecule has 1 amide bonds. The summed E-state index contributed by atoms with van der Waals surface area (Å²) >= 11 is 12.1. The molecule has 116 valence electrons.